The lowest BCUT2D eigenvalue weighted by molar-refractivity contribution is -0.132. The van der Waals surface area contributed by atoms with Crippen molar-refractivity contribution in [1.82, 2.24) is 19.8 Å². The van der Waals surface area contributed by atoms with Crippen molar-refractivity contribution in [2.45, 2.75) is 6.42 Å². The van der Waals surface area contributed by atoms with Crippen LogP contribution in [0.25, 0.3) is 11.1 Å². The third kappa shape index (κ3) is 3.13. The van der Waals surface area contributed by atoms with E-state index in [0.717, 1.165) is 11.2 Å². The summed E-state index contributed by atoms with van der Waals surface area (Å²) >= 11 is 0. The number of hydrogen-bond donors (Lipinski definition) is 1. The van der Waals surface area contributed by atoms with Gasteiger partial charge >= 0.3 is 0 Å². The lowest BCUT2D eigenvalue weighted by atomic mass is 10.1. The molecule has 1 saturated heterocycles. The molecule has 2 aromatic heterocycles. The summed E-state index contributed by atoms with van der Waals surface area (Å²) in [7, 11) is 0. The summed E-state index contributed by atoms with van der Waals surface area (Å²) in [6.45, 7) is 2.17. The number of fused-ring (bicyclic) bond motifs is 1. The van der Waals surface area contributed by atoms with Gasteiger partial charge in [0.25, 0.3) is 5.91 Å². The smallest absolute Gasteiger partial charge is 0.254 e. The van der Waals surface area contributed by atoms with Gasteiger partial charge in [-0.05, 0) is 30.3 Å². The third-order valence-electron chi connectivity index (χ3n) is 4.50. The molecule has 7 heteroatoms. The Morgan fingerprint density at radius 1 is 1.12 bits per heavy atom. The summed E-state index contributed by atoms with van der Waals surface area (Å²) < 4.78 is 5.26. The van der Waals surface area contributed by atoms with Gasteiger partial charge in [0.05, 0.1) is 6.42 Å². The summed E-state index contributed by atoms with van der Waals surface area (Å²) in [5.74, 6) is 0.0346. The number of nitrogens with zero attached hydrogens (tertiary/aromatic N) is 3. The zero-order valence-corrected chi connectivity index (χ0v) is 13.6. The lowest BCUT2D eigenvalue weighted by Gasteiger charge is -2.34. The fraction of sp³-hybridized carbons (Fsp3) is 0.278. The Bertz CT molecular complexity index is 892. The molecule has 1 aliphatic rings. The van der Waals surface area contributed by atoms with Gasteiger partial charge in [-0.1, -0.05) is 0 Å². The number of nitrogens with one attached hydrogen (secondary N) is 1. The average molecular weight is 338 g/mol. The van der Waals surface area contributed by atoms with Crippen molar-refractivity contribution in [1.29, 1.82) is 0 Å². The number of oxazole rings is 1. The van der Waals surface area contributed by atoms with Crippen LogP contribution < -0.4 is 0 Å². The summed E-state index contributed by atoms with van der Waals surface area (Å²) in [4.78, 5) is 35.6. The lowest BCUT2D eigenvalue weighted by Crippen LogP contribution is -2.51. The minimum atomic E-state index is -0.0465. The molecule has 7 nitrogen and oxygen atoms in total. The van der Waals surface area contributed by atoms with Gasteiger partial charge in [-0.2, -0.15) is 0 Å². The van der Waals surface area contributed by atoms with Gasteiger partial charge in [0.2, 0.25) is 5.91 Å². The largest absolute Gasteiger partial charge is 0.443 e. The van der Waals surface area contributed by atoms with Crippen LogP contribution in [0.5, 0.6) is 0 Å². The van der Waals surface area contributed by atoms with Gasteiger partial charge in [0.15, 0.2) is 12.0 Å². The number of benzene rings is 1. The van der Waals surface area contributed by atoms with Gasteiger partial charge in [-0.25, -0.2) is 4.98 Å². The molecule has 0 atom stereocenters. The molecule has 1 aromatic carbocycles. The van der Waals surface area contributed by atoms with Crippen LogP contribution in [-0.2, 0) is 11.2 Å². The standard InChI is InChI=1S/C18H18N4O3/c23-17(11-14-2-1-5-19-14)21-6-8-22(9-7-21)18(24)13-3-4-15-16(10-13)25-12-20-15/h1-5,10,12,19H,6-9,11H2. The number of carbonyl (C=O) groups excluding carboxylic acids is 2. The summed E-state index contributed by atoms with van der Waals surface area (Å²) in [5, 5.41) is 0. The van der Waals surface area contributed by atoms with E-state index < -0.39 is 0 Å². The molecule has 0 radical (unpaired) electrons. The number of amides is 2. The zero-order valence-electron chi connectivity index (χ0n) is 13.6. The zero-order chi connectivity index (χ0) is 17.2. The minimum Gasteiger partial charge on any atom is -0.443 e. The summed E-state index contributed by atoms with van der Waals surface area (Å²) in [6, 6.07) is 9.04. The molecule has 0 unspecified atom stereocenters. The highest BCUT2D eigenvalue weighted by atomic mass is 16.3. The second-order valence-electron chi connectivity index (χ2n) is 6.08. The van der Waals surface area contributed by atoms with Crippen LogP contribution in [0.15, 0.2) is 47.3 Å². The number of aromatic amines is 1. The van der Waals surface area contributed by atoms with E-state index in [-0.39, 0.29) is 11.8 Å². The third-order valence-corrected chi connectivity index (χ3v) is 4.50. The molecule has 1 N–H and O–H groups in total. The first kappa shape index (κ1) is 15.4. The molecule has 4 rings (SSSR count). The van der Waals surface area contributed by atoms with Crippen LogP contribution in [0.2, 0.25) is 0 Å². The Labute approximate surface area is 144 Å². The quantitative estimate of drug-likeness (QED) is 0.788. The fourth-order valence-corrected chi connectivity index (χ4v) is 3.08. The highest BCUT2D eigenvalue weighted by Gasteiger charge is 2.25. The van der Waals surface area contributed by atoms with E-state index >= 15 is 0 Å². The van der Waals surface area contributed by atoms with E-state index in [4.69, 9.17) is 4.42 Å². The van der Waals surface area contributed by atoms with E-state index in [9.17, 15) is 9.59 Å². The fourth-order valence-electron chi connectivity index (χ4n) is 3.08. The predicted molar refractivity (Wildman–Crippen MR) is 91.0 cm³/mol. The molecule has 0 saturated carbocycles. The maximum Gasteiger partial charge on any atom is 0.254 e. The number of hydrogen-bond acceptors (Lipinski definition) is 4. The van der Waals surface area contributed by atoms with E-state index in [1.165, 1.54) is 6.39 Å². The van der Waals surface area contributed by atoms with E-state index in [1.54, 1.807) is 23.1 Å². The highest BCUT2D eigenvalue weighted by molar-refractivity contribution is 5.97. The number of carbonyl (C=O) groups is 2. The SMILES string of the molecule is O=C(Cc1ccc[nH]1)N1CCN(C(=O)c2ccc3ncoc3c2)CC1. The average Bonchev–Trinajstić information content (AvgIpc) is 3.32. The topological polar surface area (TPSA) is 82.4 Å². The van der Waals surface area contributed by atoms with E-state index in [0.29, 0.717) is 43.7 Å². The molecule has 25 heavy (non-hydrogen) atoms. The Hall–Kier alpha value is -3.09. The second kappa shape index (κ2) is 6.43. The molecular formula is C18H18N4O3. The Balaban J connectivity index is 1.37. The Morgan fingerprint density at radius 2 is 1.92 bits per heavy atom. The predicted octanol–water partition coefficient (Wildman–Crippen LogP) is 1.68. The van der Waals surface area contributed by atoms with Crippen LogP contribution in [0.4, 0.5) is 0 Å². The summed E-state index contributed by atoms with van der Waals surface area (Å²) in [6.07, 6.45) is 3.54. The molecule has 3 aromatic rings. The van der Waals surface area contributed by atoms with Crippen LogP contribution in [-0.4, -0.2) is 57.8 Å². The number of H-pyrrole nitrogens is 1. The Morgan fingerprint density at radius 3 is 2.68 bits per heavy atom. The van der Waals surface area contributed by atoms with Gasteiger partial charge in [-0.3, -0.25) is 9.59 Å². The van der Waals surface area contributed by atoms with Gasteiger partial charge < -0.3 is 19.2 Å². The first-order chi connectivity index (χ1) is 12.2. The molecular weight excluding hydrogens is 320 g/mol. The normalized spacial score (nSPS) is 14.9. The van der Waals surface area contributed by atoms with Crippen molar-refractivity contribution in [3.05, 3.63) is 54.2 Å². The minimum absolute atomic E-state index is 0.0465. The molecule has 0 aliphatic carbocycles. The van der Waals surface area contributed by atoms with Crippen molar-refractivity contribution in [3.63, 3.8) is 0 Å². The van der Waals surface area contributed by atoms with Gasteiger partial charge in [0.1, 0.15) is 5.52 Å². The van der Waals surface area contributed by atoms with Crippen molar-refractivity contribution in [2.75, 3.05) is 26.2 Å². The van der Waals surface area contributed by atoms with E-state index in [2.05, 4.69) is 9.97 Å². The molecule has 3 heterocycles. The number of piperazine rings is 1. The van der Waals surface area contributed by atoms with Gasteiger partial charge in [-0.15, -0.1) is 0 Å². The van der Waals surface area contributed by atoms with E-state index in [1.807, 2.05) is 23.2 Å². The van der Waals surface area contributed by atoms with Gasteiger partial charge in [0, 0.05) is 43.6 Å². The van der Waals surface area contributed by atoms with Crippen molar-refractivity contribution >= 4 is 22.9 Å². The summed E-state index contributed by atoms with van der Waals surface area (Å²) in [5.41, 5.74) is 2.82. The van der Waals surface area contributed by atoms with Crippen LogP contribution in [0.1, 0.15) is 16.1 Å². The van der Waals surface area contributed by atoms with Crippen molar-refractivity contribution < 1.29 is 14.0 Å². The molecule has 1 aliphatic heterocycles. The first-order valence-corrected chi connectivity index (χ1v) is 8.23. The monoisotopic (exact) mass is 338 g/mol. The van der Waals surface area contributed by atoms with Crippen LogP contribution in [0, 0.1) is 0 Å². The maximum absolute atomic E-state index is 12.7. The van der Waals surface area contributed by atoms with Crippen molar-refractivity contribution in [2.24, 2.45) is 0 Å². The molecule has 0 spiro atoms. The maximum atomic E-state index is 12.7. The second-order valence-corrected chi connectivity index (χ2v) is 6.08. The van der Waals surface area contributed by atoms with Crippen LogP contribution >= 0.6 is 0 Å². The Kier molecular flexibility index (Phi) is 3.97. The molecule has 1 fully saturated rings. The first-order valence-electron chi connectivity index (χ1n) is 8.23. The van der Waals surface area contributed by atoms with Crippen molar-refractivity contribution in [3.8, 4) is 0 Å². The number of rotatable bonds is 3. The molecule has 0 bridgehead atoms. The van der Waals surface area contributed by atoms with Crippen LogP contribution in [0.3, 0.4) is 0 Å². The molecule has 2 amide bonds. The highest BCUT2D eigenvalue weighted by Crippen LogP contribution is 2.17. The molecule has 128 valence electrons. The number of aromatic nitrogens is 2.